The van der Waals surface area contributed by atoms with Crippen LogP contribution in [0, 0.1) is 12.7 Å². The van der Waals surface area contributed by atoms with E-state index >= 15 is 0 Å². The molecule has 1 heterocycles. The van der Waals surface area contributed by atoms with Gasteiger partial charge in [0.2, 0.25) is 0 Å². The Kier molecular flexibility index (Phi) is 5.18. The molecule has 1 aromatic heterocycles. The number of ether oxygens (including phenoxy) is 1. The van der Waals surface area contributed by atoms with Gasteiger partial charge in [-0.3, -0.25) is 0 Å². The van der Waals surface area contributed by atoms with E-state index in [1.165, 1.54) is 15.8 Å². The number of halogens is 2. The number of benzene rings is 1. The fraction of sp³-hybridized carbons (Fsp3) is 0.333. The summed E-state index contributed by atoms with van der Waals surface area (Å²) in [6.45, 7) is 4.95. The molecule has 2 nitrogen and oxygen atoms in total. The van der Waals surface area contributed by atoms with Crippen molar-refractivity contribution in [3.63, 3.8) is 0 Å². The summed E-state index contributed by atoms with van der Waals surface area (Å²) < 4.78 is 19.4. The van der Waals surface area contributed by atoms with Gasteiger partial charge in [0.15, 0.2) is 0 Å². The van der Waals surface area contributed by atoms with Gasteiger partial charge in [0.05, 0.1) is 17.6 Å². The Hall–Kier alpha value is -0.910. The fourth-order valence-electron chi connectivity index (χ4n) is 2.12. The zero-order valence-electron chi connectivity index (χ0n) is 11.7. The molecule has 0 amide bonds. The summed E-state index contributed by atoms with van der Waals surface area (Å²) in [5.41, 5.74) is 0.935. The van der Waals surface area contributed by atoms with Crippen LogP contribution in [0.4, 0.5) is 4.39 Å². The Labute approximate surface area is 131 Å². The van der Waals surface area contributed by atoms with E-state index in [2.05, 4.69) is 47.2 Å². The molecule has 5 heteroatoms. The van der Waals surface area contributed by atoms with E-state index in [4.69, 9.17) is 4.74 Å². The van der Waals surface area contributed by atoms with E-state index < -0.39 is 0 Å². The smallest absolute Gasteiger partial charge is 0.141 e. The fourth-order valence-corrected chi connectivity index (χ4v) is 3.46. The lowest BCUT2D eigenvalue weighted by Crippen LogP contribution is -2.21. The van der Waals surface area contributed by atoms with Crippen LogP contribution in [0.1, 0.15) is 28.3 Å². The molecule has 0 spiro atoms. The lowest BCUT2D eigenvalue weighted by Gasteiger charge is -2.20. The highest BCUT2D eigenvalue weighted by Crippen LogP contribution is 2.36. The molecule has 0 saturated carbocycles. The molecule has 0 bridgehead atoms. The van der Waals surface area contributed by atoms with Crippen LogP contribution in [-0.4, -0.2) is 13.7 Å². The maximum Gasteiger partial charge on any atom is 0.141 e. The van der Waals surface area contributed by atoms with Gasteiger partial charge in [-0.15, -0.1) is 11.3 Å². The maximum atomic E-state index is 13.7. The van der Waals surface area contributed by atoms with E-state index in [1.807, 2.05) is 0 Å². The molecule has 108 valence electrons. The minimum absolute atomic E-state index is 0.00514. The standard InChI is InChI=1S/C15H17BrFNOS/c1-4-18-15(14-6-5-9(2)20-14)10-7-11(16)12(17)8-13(10)19-3/h5-8,15,18H,4H2,1-3H3. The van der Waals surface area contributed by atoms with Crippen LogP contribution in [0.25, 0.3) is 0 Å². The van der Waals surface area contributed by atoms with Crippen molar-refractivity contribution in [1.82, 2.24) is 5.32 Å². The summed E-state index contributed by atoms with van der Waals surface area (Å²) in [6, 6.07) is 7.41. The second-order valence-electron chi connectivity index (χ2n) is 4.45. The van der Waals surface area contributed by atoms with Crippen molar-refractivity contribution in [3.8, 4) is 5.75 Å². The van der Waals surface area contributed by atoms with Gasteiger partial charge in [-0.2, -0.15) is 0 Å². The number of rotatable bonds is 5. The molecule has 0 radical (unpaired) electrons. The Balaban J connectivity index is 2.51. The van der Waals surface area contributed by atoms with Crippen LogP contribution in [0.3, 0.4) is 0 Å². The summed E-state index contributed by atoms with van der Waals surface area (Å²) >= 11 is 4.98. The van der Waals surface area contributed by atoms with Crippen LogP contribution >= 0.6 is 27.3 Å². The largest absolute Gasteiger partial charge is 0.496 e. The Morgan fingerprint density at radius 1 is 1.40 bits per heavy atom. The van der Waals surface area contributed by atoms with Gasteiger partial charge in [0.25, 0.3) is 0 Å². The Morgan fingerprint density at radius 2 is 2.15 bits per heavy atom. The first-order valence-corrected chi connectivity index (χ1v) is 8.00. The minimum Gasteiger partial charge on any atom is -0.496 e. The van der Waals surface area contributed by atoms with Crippen molar-refractivity contribution < 1.29 is 9.13 Å². The van der Waals surface area contributed by atoms with Gasteiger partial charge < -0.3 is 10.1 Å². The van der Waals surface area contributed by atoms with Gasteiger partial charge >= 0.3 is 0 Å². The molecule has 0 aliphatic heterocycles. The van der Waals surface area contributed by atoms with Crippen LogP contribution < -0.4 is 10.1 Å². The van der Waals surface area contributed by atoms with Crippen molar-refractivity contribution in [2.45, 2.75) is 19.9 Å². The lowest BCUT2D eigenvalue weighted by atomic mass is 10.0. The molecule has 2 rings (SSSR count). The summed E-state index contributed by atoms with van der Waals surface area (Å²) in [5, 5.41) is 3.44. The molecule has 0 aliphatic carbocycles. The van der Waals surface area contributed by atoms with Crippen LogP contribution in [0.2, 0.25) is 0 Å². The maximum absolute atomic E-state index is 13.7. The SMILES string of the molecule is CCNC(c1ccc(C)s1)c1cc(Br)c(F)cc1OC. The van der Waals surface area contributed by atoms with Crippen molar-refractivity contribution in [1.29, 1.82) is 0 Å². The monoisotopic (exact) mass is 357 g/mol. The van der Waals surface area contributed by atoms with E-state index in [0.29, 0.717) is 10.2 Å². The molecule has 0 saturated heterocycles. The summed E-state index contributed by atoms with van der Waals surface area (Å²) in [5.74, 6) is 0.242. The predicted molar refractivity (Wildman–Crippen MR) is 85.2 cm³/mol. The molecule has 1 atom stereocenters. The molecule has 1 unspecified atom stereocenters. The third-order valence-corrected chi connectivity index (χ3v) is 4.71. The number of hydrogen-bond acceptors (Lipinski definition) is 3. The van der Waals surface area contributed by atoms with Gasteiger partial charge in [-0.1, -0.05) is 6.92 Å². The Bertz CT molecular complexity index is 600. The molecule has 1 N–H and O–H groups in total. The first-order chi connectivity index (χ1) is 9.56. The third kappa shape index (κ3) is 3.22. The van der Waals surface area contributed by atoms with E-state index in [-0.39, 0.29) is 11.9 Å². The quantitative estimate of drug-likeness (QED) is 0.839. The number of methoxy groups -OCH3 is 1. The predicted octanol–water partition coefficient (Wildman–Crippen LogP) is 4.67. The molecular weight excluding hydrogens is 341 g/mol. The van der Waals surface area contributed by atoms with E-state index in [9.17, 15) is 4.39 Å². The Morgan fingerprint density at radius 3 is 2.70 bits per heavy atom. The number of aryl methyl sites for hydroxylation is 1. The average Bonchev–Trinajstić information content (AvgIpc) is 2.85. The molecule has 0 fully saturated rings. The summed E-state index contributed by atoms with van der Waals surface area (Å²) in [7, 11) is 1.56. The number of thiophene rings is 1. The topological polar surface area (TPSA) is 21.3 Å². The summed E-state index contributed by atoms with van der Waals surface area (Å²) in [4.78, 5) is 2.45. The zero-order chi connectivity index (χ0) is 14.7. The van der Waals surface area contributed by atoms with Crippen molar-refractivity contribution in [2.75, 3.05) is 13.7 Å². The van der Waals surface area contributed by atoms with Crippen molar-refractivity contribution in [2.24, 2.45) is 0 Å². The lowest BCUT2D eigenvalue weighted by molar-refractivity contribution is 0.400. The van der Waals surface area contributed by atoms with Gasteiger partial charge in [0.1, 0.15) is 11.6 Å². The second-order valence-corrected chi connectivity index (χ2v) is 6.62. The molecule has 0 aliphatic rings. The van der Waals surface area contributed by atoms with Crippen LogP contribution in [-0.2, 0) is 0 Å². The minimum atomic E-state index is -0.316. The van der Waals surface area contributed by atoms with Gasteiger partial charge in [-0.25, -0.2) is 4.39 Å². The number of nitrogens with one attached hydrogen (secondary N) is 1. The van der Waals surface area contributed by atoms with Crippen molar-refractivity contribution in [3.05, 3.63) is 49.9 Å². The number of hydrogen-bond donors (Lipinski definition) is 1. The van der Waals surface area contributed by atoms with E-state index in [0.717, 1.165) is 12.1 Å². The molecule has 20 heavy (non-hydrogen) atoms. The highest BCUT2D eigenvalue weighted by Gasteiger charge is 2.20. The highest BCUT2D eigenvalue weighted by atomic mass is 79.9. The van der Waals surface area contributed by atoms with Crippen LogP contribution in [0.15, 0.2) is 28.7 Å². The molecule has 2 aromatic rings. The first kappa shape index (κ1) is 15.5. The van der Waals surface area contributed by atoms with Crippen molar-refractivity contribution >= 4 is 27.3 Å². The van der Waals surface area contributed by atoms with E-state index in [1.54, 1.807) is 24.5 Å². The zero-order valence-corrected chi connectivity index (χ0v) is 14.1. The van der Waals surface area contributed by atoms with Gasteiger partial charge in [0, 0.05) is 21.4 Å². The van der Waals surface area contributed by atoms with Gasteiger partial charge in [-0.05, 0) is 47.6 Å². The third-order valence-electron chi connectivity index (χ3n) is 3.04. The first-order valence-electron chi connectivity index (χ1n) is 6.39. The molecular formula is C15H17BrFNOS. The normalized spacial score (nSPS) is 12.4. The van der Waals surface area contributed by atoms with Crippen LogP contribution in [0.5, 0.6) is 5.75 Å². The molecule has 1 aromatic carbocycles. The highest BCUT2D eigenvalue weighted by molar-refractivity contribution is 9.10. The second kappa shape index (κ2) is 6.70. The summed E-state index contributed by atoms with van der Waals surface area (Å²) in [6.07, 6.45) is 0. The average molecular weight is 358 g/mol.